The molecular weight excluding hydrogens is 222 g/mol. The van der Waals surface area contributed by atoms with E-state index >= 15 is 0 Å². The predicted octanol–water partition coefficient (Wildman–Crippen LogP) is 3.08. The van der Waals surface area contributed by atoms with Crippen molar-refractivity contribution in [3.63, 3.8) is 0 Å². The number of likely N-dealkylation sites (tertiary alicyclic amines) is 1. The molecule has 2 heterocycles. The largest absolute Gasteiger partial charge is 0.360 e. The molecule has 0 bridgehead atoms. The molecule has 1 aliphatic heterocycles. The number of nitrogens with zero attached hydrogens (tertiary/aromatic N) is 3. The lowest BCUT2D eigenvalue weighted by Gasteiger charge is -2.28. The lowest BCUT2D eigenvalue weighted by molar-refractivity contribution is 0.205. The molecule has 3 heteroatoms. The quantitative estimate of drug-likeness (QED) is 0.815. The summed E-state index contributed by atoms with van der Waals surface area (Å²) in [6.07, 6.45) is 4.63. The summed E-state index contributed by atoms with van der Waals surface area (Å²) in [6, 6.07) is 5.59. The molecule has 18 heavy (non-hydrogen) atoms. The first-order chi connectivity index (χ1) is 8.63. The van der Waals surface area contributed by atoms with Gasteiger partial charge in [0.05, 0.1) is 0 Å². The van der Waals surface area contributed by atoms with Gasteiger partial charge in [0.15, 0.2) is 0 Å². The van der Waals surface area contributed by atoms with E-state index in [-0.39, 0.29) is 0 Å². The monoisotopic (exact) mass is 247 g/mol. The molecule has 0 aliphatic carbocycles. The van der Waals surface area contributed by atoms with Crippen molar-refractivity contribution >= 4 is 5.82 Å². The van der Waals surface area contributed by atoms with Gasteiger partial charge in [0, 0.05) is 31.9 Å². The number of rotatable bonds is 4. The van der Waals surface area contributed by atoms with Gasteiger partial charge < -0.3 is 4.90 Å². The number of anilines is 1. The summed E-state index contributed by atoms with van der Waals surface area (Å²) in [4.78, 5) is 9.34. The van der Waals surface area contributed by atoms with Crippen LogP contribution in [0.1, 0.15) is 45.2 Å². The molecule has 0 spiro atoms. The highest BCUT2D eigenvalue weighted by atomic mass is 15.2. The second-order valence-electron chi connectivity index (χ2n) is 5.45. The second kappa shape index (κ2) is 5.70. The van der Waals surface area contributed by atoms with Gasteiger partial charge in [-0.1, -0.05) is 6.07 Å². The molecule has 1 fully saturated rings. The van der Waals surface area contributed by atoms with Crippen molar-refractivity contribution in [1.29, 1.82) is 0 Å². The fourth-order valence-electron chi connectivity index (χ4n) is 2.75. The average molecular weight is 247 g/mol. The molecule has 1 aromatic heterocycles. The fraction of sp³-hybridized carbons (Fsp3) is 0.667. The van der Waals surface area contributed by atoms with Crippen LogP contribution in [-0.4, -0.2) is 36.1 Å². The Hall–Kier alpha value is -1.09. The van der Waals surface area contributed by atoms with Gasteiger partial charge in [0.25, 0.3) is 0 Å². The van der Waals surface area contributed by atoms with Gasteiger partial charge in [-0.3, -0.25) is 4.90 Å². The first-order valence-corrected chi connectivity index (χ1v) is 7.06. The van der Waals surface area contributed by atoms with Crippen LogP contribution in [0.3, 0.4) is 0 Å². The molecule has 100 valence electrons. The van der Waals surface area contributed by atoms with E-state index in [1.807, 2.05) is 0 Å². The summed E-state index contributed by atoms with van der Waals surface area (Å²) < 4.78 is 0. The minimum absolute atomic E-state index is 0.568. The van der Waals surface area contributed by atoms with Crippen molar-refractivity contribution in [3.8, 4) is 0 Å². The smallest absolute Gasteiger partial charge is 0.128 e. The standard InChI is InChI=1S/C15H25N3/c1-5-17(4)15-9-8-13(11-16-15)14-7-6-10-18(14)12(2)3/h8-9,11-12,14H,5-7,10H2,1-4H3. The highest BCUT2D eigenvalue weighted by molar-refractivity contribution is 5.38. The Kier molecular flexibility index (Phi) is 4.23. The van der Waals surface area contributed by atoms with Crippen LogP contribution < -0.4 is 4.90 Å². The van der Waals surface area contributed by atoms with Crippen molar-refractivity contribution in [2.75, 3.05) is 25.0 Å². The summed E-state index contributed by atoms with van der Waals surface area (Å²) in [5.41, 5.74) is 1.37. The lowest BCUT2D eigenvalue weighted by Crippen LogP contribution is -2.30. The summed E-state index contributed by atoms with van der Waals surface area (Å²) in [6.45, 7) is 8.93. The molecule has 2 rings (SSSR count). The van der Waals surface area contributed by atoms with E-state index < -0.39 is 0 Å². The predicted molar refractivity (Wildman–Crippen MR) is 77.0 cm³/mol. The highest BCUT2D eigenvalue weighted by Crippen LogP contribution is 2.33. The van der Waals surface area contributed by atoms with Crippen molar-refractivity contribution in [2.45, 2.75) is 45.7 Å². The van der Waals surface area contributed by atoms with E-state index in [0.29, 0.717) is 12.1 Å². The third-order valence-corrected chi connectivity index (χ3v) is 3.98. The van der Waals surface area contributed by atoms with Crippen LogP contribution in [0.4, 0.5) is 5.82 Å². The lowest BCUT2D eigenvalue weighted by atomic mass is 10.1. The van der Waals surface area contributed by atoms with E-state index in [4.69, 9.17) is 0 Å². The van der Waals surface area contributed by atoms with Crippen molar-refractivity contribution in [3.05, 3.63) is 23.9 Å². The summed E-state index contributed by atoms with van der Waals surface area (Å²) in [5, 5.41) is 0. The first-order valence-electron chi connectivity index (χ1n) is 7.06. The summed E-state index contributed by atoms with van der Waals surface area (Å²) in [7, 11) is 2.08. The molecule has 1 saturated heterocycles. The molecule has 1 unspecified atom stereocenters. The third-order valence-electron chi connectivity index (χ3n) is 3.98. The molecule has 0 N–H and O–H groups in total. The fourth-order valence-corrected chi connectivity index (χ4v) is 2.75. The first kappa shape index (κ1) is 13.3. The molecule has 0 radical (unpaired) electrons. The molecule has 0 amide bonds. The number of hydrogen-bond donors (Lipinski definition) is 0. The van der Waals surface area contributed by atoms with Gasteiger partial charge in [-0.15, -0.1) is 0 Å². The number of aromatic nitrogens is 1. The SMILES string of the molecule is CCN(C)c1ccc(C2CCCN2C(C)C)cn1. The van der Waals surface area contributed by atoms with Crippen LogP contribution >= 0.6 is 0 Å². The van der Waals surface area contributed by atoms with E-state index in [2.05, 4.69) is 60.9 Å². The van der Waals surface area contributed by atoms with E-state index in [1.54, 1.807) is 0 Å². The molecule has 1 aliphatic rings. The Labute approximate surface area is 111 Å². The molecule has 1 atom stereocenters. The zero-order chi connectivity index (χ0) is 13.1. The molecule has 0 aromatic carbocycles. The Morgan fingerprint density at radius 1 is 1.44 bits per heavy atom. The summed E-state index contributed by atoms with van der Waals surface area (Å²) >= 11 is 0. The van der Waals surface area contributed by atoms with E-state index in [9.17, 15) is 0 Å². The van der Waals surface area contributed by atoms with Gasteiger partial charge >= 0.3 is 0 Å². The average Bonchev–Trinajstić information content (AvgIpc) is 2.87. The van der Waals surface area contributed by atoms with Crippen LogP contribution in [0.25, 0.3) is 0 Å². The molecule has 0 saturated carbocycles. The van der Waals surface area contributed by atoms with Gasteiger partial charge in [-0.05, 0) is 51.8 Å². The van der Waals surface area contributed by atoms with Crippen LogP contribution in [0, 0.1) is 0 Å². The normalized spacial score (nSPS) is 20.6. The Morgan fingerprint density at radius 2 is 2.22 bits per heavy atom. The van der Waals surface area contributed by atoms with E-state index in [1.165, 1.54) is 24.9 Å². The van der Waals surface area contributed by atoms with Gasteiger partial charge in [0.2, 0.25) is 0 Å². The minimum atomic E-state index is 0.568. The third kappa shape index (κ3) is 2.66. The second-order valence-corrected chi connectivity index (χ2v) is 5.45. The van der Waals surface area contributed by atoms with Crippen LogP contribution in [0.2, 0.25) is 0 Å². The summed E-state index contributed by atoms with van der Waals surface area (Å²) in [5.74, 6) is 1.07. The number of hydrogen-bond acceptors (Lipinski definition) is 3. The Bertz CT molecular complexity index is 372. The minimum Gasteiger partial charge on any atom is -0.360 e. The van der Waals surface area contributed by atoms with Crippen molar-refractivity contribution in [1.82, 2.24) is 9.88 Å². The van der Waals surface area contributed by atoms with E-state index in [0.717, 1.165) is 12.4 Å². The topological polar surface area (TPSA) is 19.4 Å². The van der Waals surface area contributed by atoms with Crippen molar-refractivity contribution in [2.24, 2.45) is 0 Å². The molecular formula is C15H25N3. The maximum atomic E-state index is 4.59. The van der Waals surface area contributed by atoms with Gasteiger partial charge in [-0.2, -0.15) is 0 Å². The van der Waals surface area contributed by atoms with Crippen LogP contribution in [0.15, 0.2) is 18.3 Å². The van der Waals surface area contributed by atoms with Gasteiger partial charge in [0.1, 0.15) is 5.82 Å². The zero-order valence-electron chi connectivity index (χ0n) is 12.1. The maximum Gasteiger partial charge on any atom is 0.128 e. The number of pyridine rings is 1. The maximum absolute atomic E-state index is 4.59. The Morgan fingerprint density at radius 3 is 2.78 bits per heavy atom. The van der Waals surface area contributed by atoms with Gasteiger partial charge in [-0.25, -0.2) is 4.98 Å². The van der Waals surface area contributed by atoms with Crippen LogP contribution in [-0.2, 0) is 0 Å². The van der Waals surface area contributed by atoms with Crippen molar-refractivity contribution < 1.29 is 0 Å². The molecule has 1 aromatic rings. The zero-order valence-corrected chi connectivity index (χ0v) is 12.1. The Balaban J connectivity index is 2.14. The van der Waals surface area contributed by atoms with Crippen LogP contribution in [0.5, 0.6) is 0 Å². The highest BCUT2D eigenvalue weighted by Gasteiger charge is 2.27. The molecule has 3 nitrogen and oxygen atoms in total.